The van der Waals surface area contributed by atoms with Crippen LogP contribution in [-0.2, 0) is 11.3 Å². The average Bonchev–Trinajstić information content (AvgIpc) is 2.46. The van der Waals surface area contributed by atoms with E-state index in [1.165, 1.54) is 6.20 Å². The Kier molecular flexibility index (Phi) is 4.14. The van der Waals surface area contributed by atoms with Gasteiger partial charge in [-0.2, -0.15) is 0 Å². The van der Waals surface area contributed by atoms with Gasteiger partial charge in [0.05, 0.1) is 11.9 Å². The highest BCUT2D eigenvalue weighted by Crippen LogP contribution is 2.08. The minimum atomic E-state index is -0.542. The zero-order chi connectivity index (χ0) is 13.5. The molecule has 1 heterocycles. The molecule has 0 fully saturated rings. The number of ether oxygens (including phenoxy) is 1. The summed E-state index contributed by atoms with van der Waals surface area (Å²) in [6.45, 7) is 0.217. The molecule has 0 atom stereocenters. The number of benzene rings is 1. The largest absolute Gasteiger partial charge is 0.444 e. The lowest BCUT2D eigenvalue weighted by molar-refractivity contribution is 0.155. The number of nitrogens with one attached hydrogen (secondary N) is 1. The van der Waals surface area contributed by atoms with E-state index in [9.17, 15) is 4.79 Å². The second-order valence-electron chi connectivity index (χ2n) is 3.79. The van der Waals surface area contributed by atoms with Gasteiger partial charge in [-0.1, -0.05) is 36.3 Å². The van der Waals surface area contributed by atoms with Crippen LogP contribution in [0.4, 0.5) is 10.5 Å². The van der Waals surface area contributed by atoms with Crippen molar-refractivity contribution in [2.45, 2.75) is 6.61 Å². The van der Waals surface area contributed by atoms with E-state index < -0.39 is 6.09 Å². The second-order valence-corrected chi connectivity index (χ2v) is 3.79. The van der Waals surface area contributed by atoms with Crippen LogP contribution in [0.3, 0.4) is 0 Å². The molecule has 1 N–H and O–H groups in total. The molecule has 4 heteroatoms. The Morgan fingerprint density at radius 3 is 2.84 bits per heavy atom. The van der Waals surface area contributed by atoms with Crippen LogP contribution >= 0.6 is 0 Å². The fourth-order valence-corrected chi connectivity index (χ4v) is 1.46. The number of nitrogens with zero attached hydrogens (tertiary/aromatic N) is 1. The van der Waals surface area contributed by atoms with Gasteiger partial charge in [-0.15, -0.1) is 6.42 Å². The molecule has 1 amide bonds. The molecule has 0 aliphatic rings. The van der Waals surface area contributed by atoms with Crippen molar-refractivity contribution in [2.24, 2.45) is 0 Å². The fraction of sp³-hybridized carbons (Fsp3) is 0.0667. The Morgan fingerprint density at radius 2 is 2.11 bits per heavy atom. The van der Waals surface area contributed by atoms with Crippen molar-refractivity contribution in [3.8, 4) is 12.3 Å². The molecule has 0 unspecified atom stereocenters. The summed E-state index contributed by atoms with van der Waals surface area (Å²) >= 11 is 0. The van der Waals surface area contributed by atoms with Crippen LogP contribution < -0.4 is 5.32 Å². The Hall–Kier alpha value is -2.80. The molecule has 0 radical (unpaired) electrons. The highest BCUT2D eigenvalue weighted by Gasteiger charge is 2.04. The van der Waals surface area contributed by atoms with Gasteiger partial charge in [0.25, 0.3) is 0 Å². The van der Waals surface area contributed by atoms with Crippen molar-refractivity contribution in [3.05, 3.63) is 59.9 Å². The van der Waals surface area contributed by atoms with E-state index in [1.54, 1.807) is 12.3 Å². The molecule has 0 aliphatic heterocycles. The van der Waals surface area contributed by atoms with E-state index in [4.69, 9.17) is 11.2 Å². The summed E-state index contributed by atoms with van der Waals surface area (Å²) in [5, 5.41) is 2.57. The van der Waals surface area contributed by atoms with Crippen molar-refractivity contribution in [1.29, 1.82) is 0 Å². The van der Waals surface area contributed by atoms with Crippen LogP contribution in [0.1, 0.15) is 11.1 Å². The van der Waals surface area contributed by atoms with Gasteiger partial charge in [0, 0.05) is 11.8 Å². The van der Waals surface area contributed by atoms with Gasteiger partial charge >= 0.3 is 6.09 Å². The number of carbonyl (C=O) groups excluding carboxylic acids is 1. The van der Waals surface area contributed by atoms with Crippen molar-refractivity contribution in [2.75, 3.05) is 5.32 Å². The molecule has 19 heavy (non-hydrogen) atoms. The summed E-state index contributed by atoms with van der Waals surface area (Å²) in [5.74, 6) is 2.44. The van der Waals surface area contributed by atoms with Gasteiger partial charge in [-0.3, -0.25) is 10.3 Å². The summed E-state index contributed by atoms with van der Waals surface area (Å²) in [6.07, 6.45) is 7.76. The van der Waals surface area contributed by atoms with Crippen LogP contribution in [-0.4, -0.2) is 11.1 Å². The lowest BCUT2D eigenvalue weighted by atomic mass is 10.2. The molecule has 4 nitrogen and oxygen atoms in total. The van der Waals surface area contributed by atoms with Crippen molar-refractivity contribution in [1.82, 2.24) is 4.98 Å². The molecule has 0 aliphatic carbocycles. The molecule has 0 spiro atoms. The lowest BCUT2D eigenvalue weighted by Crippen LogP contribution is -2.13. The van der Waals surface area contributed by atoms with E-state index in [2.05, 4.69) is 16.2 Å². The summed E-state index contributed by atoms with van der Waals surface area (Å²) in [4.78, 5) is 15.5. The maximum Gasteiger partial charge on any atom is 0.412 e. The van der Waals surface area contributed by atoms with E-state index in [-0.39, 0.29) is 6.61 Å². The molecule has 0 bridgehead atoms. The fourth-order valence-electron chi connectivity index (χ4n) is 1.46. The van der Waals surface area contributed by atoms with E-state index in [0.29, 0.717) is 11.3 Å². The second kappa shape index (κ2) is 6.22. The van der Waals surface area contributed by atoms with Crippen LogP contribution in [0.15, 0.2) is 48.8 Å². The van der Waals surface area contributed by atoms with Gasteiger partial charge < -0.3 is 4.74 Å². The molecule has 0 saturated heterocycles. The number of amides is 1. The van der Waals surface area contributed by atoms with E-state index >= 15 is 0 Å². The third kappa shape index (κ3) is 3.86. The summed E-state index contributed by atoms with van der Waals surface area (Å²) < 4.78 is 5.08. The highest BCUT2D eigenvalue weighted by atomic mass is 16.5. The minimum Gasteiger partial charge on any atom is -0.444 e. The monoisotopic (exact) mass is 252 g/mol. The van der Waals surface area contributed by atoms with Gasteiger partial charge in [-0.05, 0) is 11.6 Å². The predicted octanol–water partition coefficient (Wildman–Crippen LogP) is 2.81. The highest BCUT2D eigenvalue weighted by molar-refractivity contribution is 5.84. The van der Waals surface area contributed by atoms with Gasteiger partial charge in [0.2, 0.25) is 0 Å². The molecular weight excluding hydrogens is 240 g/mol. The predicted molar refractivity (Wildman–Crippen MR) is 72.4 cm³/mol. The number of anilines is 1. The number of hydrogen-bond acceptors (Lipinski definition) is 3. The number of aromatic nitrogens is 1. The molecule has 1 aromatic heterocycles. The van der Waals surface area contributed by atoms with Gasteiger partial charge in [-0.25, -0.2) is 4.79 Å². The quantitative estimate of drug-likeness (QED) is 0.854. The molecular formula is C15H12N2O2. The zero-order valence-electron chi connectivity index (χ0n) is 10.2. The van der Waals surface area contributed by atoms with Crippen LogP contribution in [0.5, 0.6) is 0 Å². The number of pyridine rings is 1. The normalized spacial score (nSPS) is 9.42. The molecule has 94 valence electrons. The van der Waals surface area contributed by atoms with Crippen LogP contribution in [0.25, 0.3) is 0 Å². The first kappa shape index (κ1) is 12.7. The number of hydrogen-bond donors (Lipinski definition) is 1. The maximum absolute atomic E-state index is 11.6. The van der Waals surface area contributed by atoms with E-state index in [0.717, 1.165) is 5.56 Å². The van der Waals surface area contributed by atoms with Gasteiger partial charge in [0.15, 0.2) is 0 Å². The first-order valence-electron chi connectivity index (χ1n) is 5.67. The first-order chi connectivity index (χ1) is 9.28. The summed E-state index contributed by atoms with van der Waals surface area (Å²) in [7, 11) is 0. The first-order valence-corrected chi connectivity index (χ1v) is 5.67. The van der Waals surface area contributed by atoms with Crippen molar-refractivity contribution in [3.63, 3.8) is 0 Å². The lowest BCUT2D eigenvalue weighted by Gasteiger charge is -2.06. The number of terminal acetylenes is 1. The van der Waals surface area contributed by atoms with E-state index in [1.807, 2.05) is 30.3 Å². The average molecular weight is 252 g/mol. The summed E-state index contributed by atoms with van der Waals surface area (Å²) in [6, 6.07) is 11.1. The standard InChI is InChI=1S/C15H12N2O2/c1-2-12-8-14(10-16-9-12)17-15(18)19-11-13-6-4-3-5-7-13/h1,3-10H,11H2,(H,17,18). The third-order valence-electron chi connectivity index (χ3n) is 2.36. The molecule has 2 rings (SSSR count). The SMILES string of the molecule is C#Cc1cncc(NC(=O)OCc2ccccc2)c1. The Balaban J connectivity index is 1.89. The third-order valence-corrected chi connectivity index (χ3v) is 2.36. The van der Waals surface area contributed by atoms with Crippen molar-refractivity contribution >= 4 is 11.8 Å². The smallest absolute Gasteiger partial charge is 0.412 e. The Labute approximate surface area is 111 Å². The van der Waals surface area contributed by atoms with Crippen LogP contribution in [0, 0.1) is 12.3 Å². The number of rotatable bonds is 3. The molecule has 2 aromatic rings. The topological polar surface area (TPSA) is 51.2 Å². The molecule has 0 saturated carbocycles. The molecule has 1 aromatic carbocycles. The van der Waals surface area contributed by atoms with Crippen molar-refractivity contribution < 1.29 is 9.53 Å². The Bertz CT molecular complexity index is 603. The summed E-state index contributed by atoms with van der Waals surface area (Å²) in [5.41, 5.74) is 2.03. The zero-order valence-corrected chi connectivity index (χ0v) is 10.2. The van der Waals surface area contributed by atoms with Crippen LogP contribution in [0.2, 0.25) is 0 Å². The van der Waals surface area contributed by atoms with Gasteiger partial charge in [0.1, 0.15) is 6.61 Å². The maximum atomic E-state index is 11.6. The number of carbonyl (C=O) groups is 1. The minimum absolute atomic E-state index is 0.217. The Morgan fingerprint density at radius 1 is 1.32 bits per heavy atom.